The molecular weight excluding hydrogens is 276 g/mol. The van der Waals surface area contributed by atoms with Crippen LogP contribution in [0.2, 0.25) is 0 Å². The molecule has 1 heterocycles. The fourth-order valence-corrected chi connectivity index (χ4v) is 2.19. The van der Waals surface area contributed by atoms with Crippen molar-refractivity contribution in [3.05, 3.63) is 29.3 Å². The first-order chi connectivity index (χ1) is 9.15. The number of hydrogen-bond acceptors (Lipinski definition) is 3. The second kappa shape index (κ2) is 8.12. The van der Waals surface area contributed by atoms with Crippen LogP contribution in [0.1, 0.15) is 24.0 Å². The van der Waals surface area contributed by atoms with E-state index in [-0.39, 0.29) is 24.4 Å². The number of carbonyl (C=O) groups is 1. The first kappa shape index (κ1) is 16.8. The van der Waals surface area contributed by atoms with Crippen LogP contribution in [0.25, 0.3) is 0 Å². The molecule has 0 aliphatic carbocycles. The van der Waals surface area contributed by atoms with Gasteiger partial charge in [-0.3, -0.25) is 4.79 Å². The van der Waals surface area contributed by atoms with Gasteiger partial charge in [-0.25, -0.2) is 0 Å². The van der Waals surface area contributed by atoms with Crippen LogP contribution in [-0.2, 0) is 4.79 Å². The van der Waals surface area contributed by atoms with E-state index in [0.717, 1.165) is 30.8 Å². The molecule has 0 aromatic heterocycles. The zero-order valence-electron chi connectivity index (χ0n) is 12.1. The van der Waals surface area contributed by atoms with Gasteiger partial charge in [-0.1, -0.05) is 12.1 Å². The Morgan fingerprint density at radius 1 is 1.45 bits per heavy atom. The summed E-state index contributed by atoms with van der Waals surface area (Å²) in [7, 11) is 0. The Balaban J connectivity index is 0.00000200. The van der Waals surface area contributed by atoms with Gasteiger partial charge in [-0.2, -0.15) is 0 Å². The van der Waals surface area contributed by atoms with Gasteiger partial charge in [0.25, 0.3) is 0 Å². The van der Waals surface area contributed by atoms with Crippen LogP contribution in [-0.4, -0.2) is 31.6 Å². The predicted octanol–water partition coefficient (Wildman–Crippen LogP) is 1.97. The van der Waals surface area contributed by atoms with Crippen molar-refractivity contribution in [1.82, 2.24) is 10.6 Å². The van der Waals surface area contributed by atoms with Crippen molar-refractivity contribution in [2.45, 2.75) is 32.7 Å². The highest BCUT2D eigenvalue weighted by molar-refractivity contribution is 5.85. The molecule has 2 N–H and O–H groups in total. The van der Waals surface area contributed by atoms with E-state index in [1.54, 1.807) is 0 Å². The van der Waals surface area contributed by atoms with E-state index in [1.807, 2.05) is 26.0 Å². The first-order valence-corrected chi connectivity index (χ1v) is 6.85. The summed E-state index contributed by atoms with van der Waals surface area (Å²) < 4.78 is 5.68. The van der Waals surface area contributed by atoms with E-state index < -0.39 is 0 Å². The van der Waals surface area contributed by atoms with Gasteiger partial charge in [0, 0.05) is 12.6 Å². The fourth-order valence-electron chi connectivity index (χ4n) is 2.19. The zero-order chi connectivity index (χ0) is 13.7. The average Bonchev–Trinajstić information content (AvgIpc) is 2.86. The van der Waals surface area contributed by atoms with Gasteiger partial charge in [0.05, 0.1) is 13.0 Å². The number of halogens is 1. The molecule has 1 saturated heterocycles. The first-order valence-electron chi connectivity index (χ1n) is 6.85. The smallest absolute Gasteiger partial charge is 0.223 e. The number of hydrogen-bond donors (Lipinski definition) is 2. The second-order valence-corrected chi connectivity index (χ2v) is 5.12. The van der Waals surface area contributed by atoms with Crippen molar-refractivity contribution < 1.29 is 9.53 Å². The lowest BCUT2D eigenvalue weighted by Gasteiger charge is -2.12. The lowest BCUT2D eigenvalue weighted by molar-refractivity contribution is -0.122. The number of amides is 1. The number of rotatable bonds is 5. The highest BCUT2D eigenvalue weighted by atomic mass is 35.5. The van der Waals surface area contributed by atoms with Gasteiger partial charge in [0.2, 0.25) is 5.91 Å². The summed E-state index contributed by atoms with van der Waals surface area (Å²) in [5.74, 6) is 0.939. The molecule has 5 heteroatoms. The summed E-state index contributed by atoms with van der Waals surface area (Å²) in [4.78, 5) is 11.7. The average molecular weight is 299 g/mol. The standard InChI is InChI=1S/C15H22N2O2.ClH/c1-11-3-4-12(2)14(9-11)19-8-6-15(18)17-13-5-7-16-10-13;/h3-4,9,13,16H,5-8,10H2,1-2H3,(H,17,18);1H. The van der Waals surface area contributed by atoms with E-state index in [1.165, 1.54) is 5.56 Å². The topological polar surface area (TPSA) is 50.4 Å². The summed E-state index contributed by atoms with van der Waals surface area (Å²) in [5.41, 5.74) is 2.27. The minimum atomic E-state index is 0. The monoisotopic (exact) mass is 298 g/mol. The third kappa shape index (κ3) is 5.02. The summed E-state index contributed by atoms with van der Waals surface area (Å²) >= 11 is 0. The molecule has 112 valence electrons. The van der Waals surface area contributed by atoms with Crippen LogP contribution < -0.4 is 15.4 Å². The third-order valence-corrected chi connectivity index (χ3v) is 3.36. The van der Waals surface area contributed by atoms with Crippen molar-refractivity contribution in [2.75, 3.05) is 19.7 Å². The zero-order valence-corrected chi connectivity index (χ0v) is 12.9. The Morgan fingerprint density at radius 2 is 2.25 bits per heavy atom. The summed E-state index contributed by atoms with van der Waals surface area (Å²) in [6.45, 7) is 6.34. The van der Waals surface area contributed by atoms with Gasteiger partial charge in [0.1, 0.15) is 5.75 Å². The molecule has 4 nitrogen and oxygen atoms in total. The number of nitrogens with one attached hydrogen (secondary N) is 2. The van der Waals surface area contributed by atoms with E-state index in [4.69, 9.17) is 4.74 Å². The molecule has 1 aromatic carbocycles. The molecule has 1 amide bonds. The molecule has 1 unspecified atom stereocenters. The van der Waals surface area contributed by atoms with Crippen LogP contribution in [0, 0.1) is 13.8 Å². The Morgan fingerprint density at radius 3 is 2.95 bits per heavy atom. The summed E-state index contributed by atoms with van der Waals surface area (Å²) in [5, 5.41) is 6.24. The van der Waals surface area contributed by atoms with Crippen molar-refractivity contribution >= 4 is 18.3 Å². The molecule has 0 spiro atoms. The highest BCUT2D eigenvalue weighted by Gasteiger charge is 2.16. The molecular formula is C15H23ClN2O2. The number of aryl methyl sites for hydroxylation is 2. The maximum Gasteiger partial charge on any atom is 0.223 e. The highest BCUT2D eigenvalue weighted by Crippen LogP contribution is 2.19. The van der Waals surface area contributed by atoms with E-state index in [0.29, 0.717) is 13.0 Å². The molecule has 1 atom stereocenters. The number of benzene rings is 1. The van der Waals surface area contributed by atoms with Crippen molar-refractivity contribution in [1.29, 1.82) is 0 Å². The minimum absolute atomic E-state index is 0. The van der Waals surface area contributed by atoms with Crippen molar-refractivity contribution in [3.8, 4) is 5.75 Å². The lowest BCUT2D eigenvalue weighted by atomic mass is 10.1. The van der Waals surface area contributed by atoms with Gasteiger partial charge in [-0.15, -0.1) is 12.4 Å². The molecule has 0 saturated carbocycles. The van der Waals surface area contributed by atoms with Crippen LogP contribution in [0.3, 0.4) is 0 Å². The Labute approximate surface area is 126 Å². The Bertz CT molecular complexity index is 445. The van der Waals surface area contributed by atoms with Gasteiger partial charge < -0.3 is 15.4 Å². The molecule has 0 bridgehead atoms. The lowest BCUT2D eigenvalue weighted by Crippen LogP contribution is -2.36. The quantitative estimate of drug-likeness (QED) is 0.874. The van der Waals surface area contributed by atoms with Crippen molar-refractivity contribution in [3.63, 3.8) is 0 Å². The normalized spacial score (nSPS) is 17.4. The molecule has 1 aliphatic heterocycles. The molecule has 2 rings (SSSR count). The second-order valence-electron chi connectivity index (χ2n) is 5.12. The maximum absolute atomic E-state index is 11.7. The SMILES string of the molecule is Cc1ccc(C)c(OCCC(=O)NC2CCNC2)c1.Cl. The maximum atomic E-state index is 11.7. The van der Waals surface area contributed by atoms with Crippen LogP contribution in [0.5, 0.6) is 5.75 Å². The van der Waals surface area contributed by atoms with Gasteiger partial charge in [0.15, 0.2) is 0 Å². The van der Waals surface area contributed by atoms with Crippen LogP contribution >= 0.6 is 12.4 Å². The van der Waals surface area contributed by atoms with Gasteiger partial charge in [-0.05, 0) is 44.0 Å². The summed E-state index contributed by atoms with van der Waals surface area (Å²) in [6, 6.07) is 6.39. The molecule has 1 aliphatic rings. The molecule has 20 heavy (non-hydrogen) atoms. The van der Waals surface area contributed by atoms with Gasteiger partial charge >= 0.3 is 0 Å². The van der Waals surface area contributed by atoms with Crippen LogP contribution in [0.4, 0.5) is 0 Å². The minimum Gasteiger partial charge on any atom is -0.493 e. The van der Waals surface area contributed by atoms with E-state index in [2.05, 4.69) is 16.7 Å². The Kier molecular flexibility index (Phi) is 6.82. The van der Waals surface area contributed by atoms with Crippen LogP contribution in [0.15, 0.2) is 18.2 Å². The van der Waals surface area contributed by atoms with E-state index in [9.17, 15) is 4.79 Å². The molecule has 0 radical (unpaired) electrons. The Hall–Kier alpha value is -1.26. The third-order valence-electron chi connectivity index (χ3n) is 3.36. The number of ether oxygens (including phenoxy) is 1. The van der Waals surface area contributed by atoms with E-state index >= 15 is 0 Å². The predicted molar refractivity (Wildman–Crippen MR) is 82.7 cm³/mol. The molecule has 1 fully saturated rings. The largest absolute Gasteiger partial charge is 0.493 e. The molecule has 1 aromatic rings. The van der Waals surface area contributed by atoms with Crippen molar-refractivity contribution in [2.24, 2.45) is 0 Å². The number of carbonyl (C=O) groups excluding carboxylic acids is 1. The fraction of sp³-hybridized carbons (Fsp3) is 0.533. The summed E-state index contributed by atoms with van der Waals surface area (Å²) in [6.07, 6.45) is 1.42.